The van der Waals surface area contributed by atoms with Gasteiger partial charge in [0.15, 0.2) is 9.84 Å². The molecule has 0 radical (unpaired) electrons. The summed E-state index contributed by atoms with van der Waals surface area (Å²) in [6, 6.07) is 10.7. The standard InChI is InChI=1S/C20H21F2NO3S/c1-14(24)10-20(16-2-4-17(21)5-3-16)23-11-15(12-23)13-27(25,26)19-8-6-18(22)7-9-19/h2-9,15,20H,10-13H2,1H3. The molecule has 0 amide bonds. The van der Waals surface area contributed by atoms with Gasteiger partial charge in [0.25, 0.3) is 0 Å². The molecule has 0 N–H and O–H groups in total. The van der Waals surface area contributed by atoms with Crippen molar-refractivity contribution in [2.24, 2.45) is 5.92 Å². The second-order valence-electron chi connectivity index (χ2n) is 7.03. The predicted octanol–water partition coefficient (Wildman–Crippen LogP) is 3.39. The molecule has 0 aromatic heterocycles. The number of ketones is 1. The van der Waals surface area contributed by atoms with E-state index in [9.17, 15) is 22.0 Å². The normalized spacial score (nSPS) is 16.7. The van der Waals surface area contributed by atoms with Gasteiger partial charge in [-0.3, -0.25) is 9.69 Å². The Labute approximate surface area is 157 Å². The third-order valence-corrected chi connectivity index (χ3v) is 6.69. The summed E-state index contributed by atoms with van der Waals surface area (Å²) in [5, 5.41) is 0. The molecule has 1 saturated heterocycles. The highest BCUT2D eigenvalue weighted by molar-refractivity contribution is 7.91. The van der Waals surface area contributed by atoms with Gasteiger partial charge >= 0.3 is 0 Å². The molecular formula is C20H21F2NO3S. The molecule has 4 nitrogen and oxygen atoms in total. The highest BCUT2D eigenvalue weighted by Crippen LogP contribution is 2.33. The van der Waals surface area contributed by atoms with Gasteiger partial charge in [0.1, 0.15) is 17.4 Å². The Bertz CT molecular complexity index is 905. The molecule has 1 fully saturated rings. The van der Waals surface area contributed by atoms with Gasteiger partial charge in [0, 0.05) is 25.6 Å². The molecule has 2 aromatic rings. The molecule has 1 heterocycles. The lowest BCUT2D eigenvalue weighted by atomic mass is 9.93. The van der Waals surface area contributed by atoms with E-state index < -0.39 is 15.7 Å². The smallest absolute Gasteiger partial charge is 0.178 e. The van der Waals surface area contributed by atoms with Crippen LogP contribution < -0.4 is 0 Å². The van der Waals surface area contributed by atoms with E-state index in [1.54, 1.807) is 12.1 Å². The fourth-order valence-electron chi connectivity index (χ4n) is 3.43. The maximum absolute atomic E-state index is 13.2. The first kappa shape index (κ1) is 19.6. The van der Waals surface area contributed by atoms with Gasteiger partial charge in [0.05, 0.1) is 10.6 Å². The van der Waals surface area contributed by atoms with Crippen LogP contribution in [0.4, 0.5) is 8.78 Å². The molecular weight excluding hydrogens is 372 g/mol. The van der Waals surface area contributed by atoms with Crippen molar-refractivity contribution < 1.29 is 22.0 Å². The van der Waals surface area contributed by atoms with Crippen LogP contribution in [0.15, 0.2) is 53.4 Å². The Hall–Kier alpha value is -2.12. The quantitative estimate of drug-likeness (QED) is 0.677. The third-order valence-electron chi connectivity index (χ3n) is 4.79. The number of benzene rings is 2. The number of hydrogen-bond donors (Lipinski definition) is 0. The van der Waals surface area contributed by atoms with E-state index in [4.69, 9.17) is 0 Å². The van der Waals surface area contributed by atoms with Gasteiger partial charge < -0.3 is 0 Å². The predicted molar refractivity (Wildman–Crippen MR) is 98.0 cm³/mol. The van der Waals surface area contributed by atoms with E-state index in [1.807, 2.05) is 4.90 Å². The van der Waals surface area contributed by atoms with Crippen LogP contribution in [0.3, 0.4) is 0 Å². The summed E-state index contributed by atoms with van der Waals surface area (Å²) in [4.78, 5) is 13.8. The summed E-state index contributed by atoms with van der Waals surface area (Å²) in [5.41, 5.74) is 0.839. The minimum Gasteiger partial charge on any atom is -0.300 e. The van der Waals surface area contributed by atoms with E-state index in [1.165, 1.54) is 31.2 Å². The van der Waals surface area contributed by atoms with E-state index in [2.05, 4.69) is 0 Å². The first-order chi connectivity index (χ1) is 12.7. The fourth-order valence-corrected chi connectivity index (χ4v) is 5.01. The van der Waals surface area contributed by atoms with Crippen molar-refractivity contribution in [2.75, 3.05) is 18.8 Å². The van der Waals surface area contributed by atoms with Gasteiger partial charge in [-0.05, 0) is 54.8 Å². The number of halogens is 2. The van der Waals surface area contributed by atoms with Crippen LogP contribution in [0.1, 0.15) is 24.9 Å². The zero-order valence-corrected chi connectivity index (χ0v) is 15.8. The zero-order valence-electron chi connectivity index (χ0n) is 14.9. The molecule has 0 spiro atoms. The van der Waals surface area contributed by atoms with Crippen LogP contribution in [0.5, 0.6) is 0 Å². The molecule has 1 atom stereocenters. The SMILES string of the molecule is CC(=O)CC(c1ccc(F)cc1)N1CC(CS(=O)(=O)c2ccc(F)cc2)C1. The van der Waals surface area contributed by atoms with Crippen LogP contribution in [0.2, 0.25) is 0 Å². The number of hydrogen-bond acceptors (Lipinski definition) is 4. The van der Waals surface area contributed by atoms with Gasteiger partial charge in [-0.15, -0.1) is 0 Å². The van der Waals surface area contributed by atoms with E-state index in [0.29, 0.717) is 19.5 Å². The lowest BCUT2D eigenvalue weighted by molar-refractivity contribution is -0.119. The van der Waals surface area contributed by atoms with Crippen molar-refractivity contribution in [3.05, 3.63) is 65.7 Å². The molecule has 2 aromatic carbocycles. The monoisotopic (exact) mass is 393 g/mol. The van der Waals surface area contributed by atoms with Crippen LogP contribution in [0, 0.1) is 17.6 Å². The maximum Gasteiger partial charge on any atom is 0.178 e. The van der Waals surface area contributed by atoms with Crippen molar-refractivity contribution in [3.8, 4) is 0 Å². The number of rotatable bonds is 7. The lowest BCUT2D eigenvalue weighted by Gasteiger charge is -2.44. The number of carbonyl (C=O) groups is 1. The van der Waals surface area contributed by atoms with Crippen molar-refractivity contribution in [3.63, 3.8) is 0 Å². The van der Waals surface area contributed by atoms with Crippen LogP contribution in [-0.4, -0.2) is 37.9 Å². The number of carbonyl (C=O) groups excluding carboxylic acids is 1. The van der Waals surface area contributed by atoms with Crippen LogP contribution in [0.25, 0.3) is 0 Å². The van der Waals surface area contributed by atoms with E-state index in [-0.39, 0.29) is 34.2 Å². The number of nitrogens with zero attached hydrogens (tertiary/aromatic N) is 1. The van der Waals surface area contributed by atoms with Crippen molar-refractivity contribution in [2.45, 2.75) is 24.3 Å². The second-order valence-corrected chi connectivity index (χ2v) is 9.06. The van der Waals surface area contributed by atoms with Crippen LogP contribution >= 0.6 is 0 Å². The Balaban J connectivity index is 1.66. The summed E-state index contributed by atoms with van der Waals surface area (Å²) in [6.45, 7) is 2.58. The first-order valence-corrected chi connectivity index (χ1v) is 10.4. The second kappa shape index (κ2) is 7.86. The summed E-state index contributed by atoms with van der Waals surface area (Å²) >= 11 is 0. The number of likely N-dealkylation sites (tertiary alicyclic amines) is 1. The minimum atomic E-state index is -3.49. The average molecular weight is 393 g/mol. The summed E-state index contributed by atoms with van der Waals surface area (Å²) < 4.78 is 51.1. The summed E-state index contributed by atoms with van der Waals surface area (Å²) in [6.07, 6.45) is 0.295. The topological polar surface area (TPSA) is 54.5 Å². The van der Waals surface area contributed by atoms with Gasteiger partial charge in [0.2, 0.25) is 0 Å². The largest absolute Gasteiger partial charge is 0.300 e. The van der Waals surface area contributed by atoms with E-state index in [0.717, 1.165) is 17.7 Å². The molecule has 0 saturated carbocycles. The number of Topliss-reactive ketones (excluding diaryl/α,β-unsaturated/α-hetero) is 1. The van der Waals surface area contributed by atoms with Crippen molar-refractivity contribution in [1.29, 1.82) is 0 Å². The molecule has 3 rings (SSSR count). The maximum atomic E-state index is 13.2. The molecule has 1 unspecified atom stereocenters. The Morgan fingerprint density at radius 3 is 2.07 bits per heavy atom. The molecule has 0 aliphatic carbocycles. The Morgan fingerprint density at radius 1 is 1.04 bits per heavy atom. The van der Waals surface area contributed by atoms with Gasteiger partial charge in [-0.2, -0.15) is 0 Å². The third kappa shape index (κ3) is 4.78. The highest BCUT2D eigenvalue weighted by atomic mass is 32.2. The molecule has 0 bridgehead atoms. The van der Waals surface area contributed by atoms with Gasteiger partial charge in [-0.1, -0.05) is 12.1 Å². The zero-order chi connectivity index (χ0) is 19.6. The molecule has 144 valence electrons. The fraction of sp³-hybridized carbons (Fsp3) is 0.350. The van der Waals surface area contributed by atoms with Crippen molar-refractivity contribution in [1.82, 2.24) is 4.90 Å². The van der Waals surface area contributed by atoms with Gasteiger partial charge in [-0.25, -0.2) is 17.2 Å². The Kier molecular flexibility index (Phi) is 5.72. The van der Waals surface area contributed by atoms with Crippen molar-refractivity contribution >= 4 is 15.6 Å². The molecule has 7 heteroatoms. The van der Waals surface area contributed by atoms with Crippen LogP contribution in [-0.2, 0) is 14.6 Å². The van der Waals surface area contributed by atoms with E-state index >= 15 is 0 Å². The summed E-state index contributed by atoms with van der Waals surface area (Å²) in [7, 11) is -3.49. The molecule has 27 heavy (non-hydrogen) atoms. The lowest BCUT2D eigenvalue weighted by Crippen LogP contribution is -2.51. The Morgan fingerprint density at radius 2 is 1.56 bits per heavy atom. The summed E-state index contributed by atoms with van der Waals surface area (Å²) in [5.74, 6) is -0.880. The molecule has 1 aliphatic heterocycles. The number of sulfone groups is 1. The minimum absolute atomic E-state index is 0.0201. The molecule has 1 aliphatic rings. The highest BCUT2D eigenvalue weighted by Gasteiger charge is 2.36. The average Bonchev–Trinajstić information content (AvgIpc) is 2.57. The first-order valence-electron chi connectivity index (χ1n) is 8.72.